The van der Waals surface area contributed by atoms with Crippen LogP contribution in [0.1, 0.15) is 26.3 Å². The summed E-state index contributed by atoms with van der Waals surface area (Å²) in [6.45, 7) is 5.17. The summed E-state index contributed by atoms with van der Waals surface area (Å²) in [7, 11) is -3.90. The van der Waals surface area contributed by atoms with Gasteiger partial charge in [0, 0.05) is 5.41 Å². The van der Waals surface area contributed by atoms with E-state index in [1.165, 1.54) is 12.1 Å². The molecule has 2 aromatic carbocycles. The Morgan fingerprint density at radius 1 is 0.913 bits per heavy atom. The molecule has 0 saturated carbocycles. The van der Waals surface area contributed by atoms with Gasteiger partial charge in [-0.2, -0.15) is 0 Å². The van der Waals surface area contributed by atoms with Crippen LogP contribution in [0.5, 0.6) is 0 Å². The predicted molar refractivity (Wildman–Crippen MR) is 90.1 cm³/mol. The lowest BCUT2D eigenvalue weighted by Gasteiger charge is -2.29. The van der Waals surface area contributed by atoms with E-state index in [-0.39, 0.29) is 11.4 Å². The van der Waals surface area contributed by atoms with Crippen molar-refractivity contribution < 1.29 is 13.2 Å². The molecule has 0 heterocycles. The molecule has 0 saturated heterocycles. The summed E-state index contributed by atoms with van der Waals surface area (Å²) in [5.74, 6) is -0.426. The van der Waals surface area contributed by atoms with Crippen molar-refractivity contribution in [3.63, 3.8) is 0 Å². The summed E-state index contributed by atoms with van der Waals surface area (Å²) in [6, 6.07) is 17.2. The zero-order valence-electron chi connectivity index (χ0n) is 13.6. The fourth-order valence-corrected chi connectivity index (χ4v) is 3.68. The molecule has 0 fully saturated rings. The van der Waals surface area contributed by atoms with Gasteiger partial charge in [-0.25, -0.2) is 12.7 Å². The maximum absolute atomic E-state index is 12.9. The number of hydrogen-bond acceptors (Lipinski definition) is 3. The SMILES string of the molecule is CC(C)(C)C(=O)N(Cc1ccccc1)S(=O)(=O)c1ccccc1. The second-order valence-corrected chi connectivity index (χ2v) is 8.23. The summed E-state index contributed by atoms with van der Waals surface area (Å²) >= 11 is 0. The van der Waals surface area contributed by atoms with Crippen LogP contribution in [0.25, 0.3) is 0 Å². The summed E-state index contributed by atoms with van der Waals surface area (Å²) in [4.78, 5) is 12.9. The molecule has 0 unspecified atom stereocenters. The molecule has 0 aliphatic carbocycles. The van der Waals surface area contributed by atoms with E-state index in [2.05, 4.69) is 0 Å². The van der Waals surface area contributed by atoms with Crippen molar-refractivity contribution in [2.24, 2.45) is 5.41 Å². The summed E-state index contributed by atoms with van der Waals surface area (Å²) in [6.07, 6.45) is 0. The van der Waals surface area contributed by atoms with Crippen LogP contribution in [0.15, 0.2) is 65.6 Å². The topological polar surface area (TPSA) is 54.5 Å². The second-order valence-electron chi connectivity index (χ2n) is 6.37. The summed E-state index contributed by atoms with van der Waals surface area (Å²) in [5.41, 5.74) is -0.0269. The molecule has 2 rings (SSSR count). The third-order valence-corrected chi connectivity index (χ3v) is 5.11. The normalized spacial score (nSPS) is 12.0. The Bertz CT molecular complexity index is 763. The number of rotatable bonds is 4. The van der Waals surface area contributed by atoms with E-state index in [1.807, 2.05) is 30.3 Å². The smallest absolute Gasteiger partial charge is 0.266 e. The number of carbonyl (C=O) groups is 1. The van der Waals surface area contributed by atoms with Crippen LogP contribution in [0.3, 0.4) is 0 Å². The molecule has 0 N–H and O–H groups in total. The molecular formula is C18H21NO3S. The monoisotopic (exact) mass is 331 g/mol. The molecule has 23 heavy (non-hydrogen) atoms. The maximum Gasteiger partial charge on any atom is 0.266 e. The van der Waals surface area contributed by atoms with Crippen LogP contribution in [-0.4, -0.2) is 18.6 Å². The highest BCUT2D eigenvalue weighted by Crippen LogP contribution is 2.25. The van der Waals surface area contributed by atoms with Crippen molar-refractivity contribution in [2.75, 3.05) is 0 Å². The molecule has 122 valence electrons. The summed E-state index contributed by atoms with van der Waals surface area (Å²) in [5, 5.41) is 0. The lowest BCUT2D eigenvalue weighted by molar-refractivity contribution is -0.134. The lowest BCUT2D eigenvalue weighted by atomic mass is 9.95. The Labute approximate surface area is 137 Å². The number of sulfonamides is 1. The number of nitrogens with zero attached hydrogens (tertiary/aromatic N) is 1. The highest BCUT2D eigenvalue weighted by atomic mass is 32.2. The first-order valence-electron chi connectivity index (χ1n) is 7.39. The minimum Gasteiger partial charge on any atom is -0.273 e. The van der Waals surface area contributed by atoms with E-state index in [9.17, 15) is 13.2 Å². The first kappa shape index (κ1) is 17.2. The minimum atomic E-state index is -3.90. The van der Waals surface area contributed by atoms with E-state index >= 15 is 0 Å². The van der Waals surface area contributed by atoms with Gasteiger partial charge in [0.2, 0.25) is 5.91 Å². The molecule has 0 radical (unpaired) electrons. The predicted octanol–water partition coefficient (Wildman–Crippen LogP) is 3.45. The maximum atomic E-state index is 12.9. The fourth-order valence-electron chi connectivity index (χ4n) is 2.11. The van der Waals surface area contributed by atoms with Crippen LogP contribution in [-0.2, 0) is 21.4 Å². The Kier molecular flexibility index (Phi) is 4.90. The molecule has 0 aliphatic heterocycles. The van der Waals surface area contributed by atoms with E-state index in [1.54, 1.807) is 39.0 Å². The Balaban J connectivity index is 2.47. The van der Waals surface area contributed by atoms with Crippen molar-refractivity contribution in [1.29, 1.82) is 0 Å². The Morgan fingerprint density at radius 2 is 1.39 bits per heavy atom. The van der Waals surface area contributed by atoms with Gasteiger partial charge >= 0.3 is 0 Å². The number of amides is 1. The number of benzene rings is 2. The molecule has 0 aliphatic rings. The first-order chi connectivity index (χ1) is 10.7. The Morgan fingerprint density at radius 3 is 1.87 bits per heavy atom. The van der Waals surface area contributed by atoms with Crippen molar-refractivity contribution >= 4 is 15.9 Å². The zero-order valence-corrected chi connectivity index (χ0v) is 14.4. The molecule has 0 bridgehead atoms. The first-order valence-corrected chi connectivity index (χ1v) is 8.83. The highest BCUT2D eigenvalue weighted by Gasteiger charge is 2.35. The summed E-state index contributed by atoms with van der Waals surface area (Å²) < 4.78 is 26.8. The molecule has 5 heteroatoms. The van der Waals surface area contributed by atoms with E-state index < -0.39 is 21.3 Å². The fraction of sp³-hybridized carbons (Fsp3) is 0.278. The van der Waals surface area contributed by atoms with Gasteiger partial charge in [-0.15, -0.1) is 0 Å². The van der Waals surface area contributed by atoms with Crippen molar-refractivity contribution in [3.8, 4) is 0 Å². The van der Waals surface area contributed by atoms with Crippen LogP contribution in [0.2, 0.25) is 0 Å². The minimum absolute atomic E-state index is 0.0220. The van der Waals surface area contributed by atoms with Gasteiger partial charge in [-0.05, 0) is 17.7 Å². The van der Waals surface area contributed by atoms with E-state index in [0.717, 1.165) is 9.87 Å². The molecule has 1 amide bonds. The molecule has 0 aromatic heterocycles. The molecule has 2 aromatic rings. The van der Waals surface area contributed by atoms with Crippen molar-refractivity contribution in [1.82, 2.24) is 4.31 Å². The van der Waals surface area contributed by atoms with Gasteiger partial charge in [0.25, 0.3) is 10.0 Å². The third kappa shape index (κ3) is 3.99. The van der Waals surface area contributed by atoms with Crippen molar-refractivity contribution in [2.45, 2.75) is 32.2 Å². The van der Waals surface area contributed by atoms with Crippen LogP contribution < -0.4 is 0 Å². The van der Waals surface area contributed by atoms with Crippen LogP contribution in [0.4, 0.5) is 0 Å². The lowest BCUT2D eigenvalue weighted by Crippen LogP contribution is -2.42. The quantitative estimate of drug-likeness (QED) is 0.862. The Hall–Kier alpha value is -2.14. The molecular weight excluding hydrogens is 310 g/mol. The second kappa shape index (κ2) is 6.54. The van der Waals surface area contributed by atoms with Gasteiger partial charge in [0.1, 0.15) is 0 Å². The average molecular weight is 331 g/mol. The van der Waals surface area contributed by atoms with E-state index in [0.29, 0.717) is 0 Å². The number of hydrogen-bond donors (Lipinski definition) is 0. The van der Waals surface area contributed by atoms with E-state index in [4.69, 9.17) is 0 Å². The number of carbonyl (C=O) groups excluding carboxylic acids is 1. The standard InChI is InChI=1S/C18H21NO3S/c1-18(2,3)17(20)19(14-15-10-6-4-7-11-15)23(21,22)16-12-8-5-9-13-16/h4-13H,14H2,1-3H3. The molecule has 4 nitrogen and oxygen atoms in total. The largest absolute Gasteiger partial charge is 0.273 e. The zero-order chi connectivity index (χ0) is 17.1. The molecule has 0 spiro atoms. The van der Waals surface area contributed by atoms with Gasteiger partial charge < -0.3 is 0 Å². The van der Waals surface area contributed by atoms with Crippen LogP contribution in [0, 0.1) is 5.41 Å². The van der Waals surface area contributed by atoms with Gasteiger partial charge in [0.05, 0.1) is 11.4 Å². The van der Waals surface area contributed by atoms with Crippen molar-refractivity contribution in [3.05, 3.63) is 66.2 Å². The third-order valence-electron chi connectivity index (χ3n) is 3.37. The van der Waals surface area contributed by atoms with Gasteiger partial charge in [0.15, 0.2) is 0 Å². The van der Waals surface area contributed by atoms with Gasteiger partial charge in [-0.1, -0.05) is 69.3 Å². The average Bonchev–Trinajstić information content (AvgIpc) is 2.53. The van der Waals surface area contributed by atoms with Gasteiger partial charge in [-0.3, -0.25) is 4.79 Å². The molecule has 0 atom stereocenters. The highest BCUT2D eigenvalue weighted by molar-refractivity contribution is 7.89. The van der Waals surface area contributed by atoms with Crippen LogP contribution >= 0.6 is 0 Å².